The normalized spacial score (nSPS) is 19.1. The Morgan fingerprint density at radius 2 is 1.80 bits per heavy atom. The molecule has 0 saturated carbocycles. The first-order chi connectivity index (χ1) is 12.1. The van der Waals surface area contributed by atoms with Crippen molar-refractivity contribution < 1.29 is 14.4 Å². The quantitative estimate of drug-likeness (QED) is 0.879. The smallest absolute Gasteiger partial charge is 0.276 e. The third-order valence-corrected chi connectivity index (χ3v) is 4.05. The largest absolute Gasteiger partial charge is 0.484 e. The molecule has 6 nitrogen and oxygen atoms in total. The molecular formula is C19H21N3O3. The van der Waals surface area contributed by atoms with Crippen LogP contribution in [0.15, 0.2) is 65.8 Å². The van der Waals surface area contributed by atoms with Gasteiger partial charge in [-0.15, -0.1) is 0 Å². The van der Waals surface area contributed by atoms with Crippen molar-refractivity contribution in [3.63, 3.8) is 0 Å². The summed E-state index contributed by atoms with van der Waals surface area (Å²) < 4.78 is 5.50. The summed E-state index contributed by atoms with van der Waals surface area (Å²) in [5.74, 6) is 0.932. The lowest BCUT2D eigenvalue weighted by atomic mass is 10.1. The number of rotatable bonds is 6. The summed E-state index contributed by atoms with van der Waals surface area (Å²) in [5, 5.41) is 5.84. The summed E-state index contributed by atoms with van der Waals surface area (Å²) in [6, 6.07) is 18.8. The average Bonchev–Trinajstić information content (AvgIpc) is 2.99. The topological polar surface area (TPSA) is 63.2 Å². The van der Waals surface area contributed by atoms with E-state index in [9.17, 15) is 4.79 Å². The van der Waals surface area contributed by atoms with E-state index in [1.54, 1.807) is 17.1 Å². The average molecular weight is 339 g/mol. The first kappa shape index (κ1) is 16.8. The van der Waals surface area contributed by atoms with Crippen molar-refractivity contribution in [2.45, 2.75) is 26.0 Å². The molecule has 0 saturated heterocycles. The fraction of sp³-hybridized carbons (Fsp3) is 0.263. The minimum atomic E-state index is -0.742. The van der Waals surface area contributed by atoms with E-state index in [0.29, 0.717) is 18.0 Å². The van der Waals surface area contributed by atoms with Crippen LogP contribution < -0.4 is 10.2 Å². The summed E-state index contributed by atoms with van der Waals surface area (Å²) in [7, 11) is 0. The Hall–Kier alpha value is -3.02. The lowest BCUT2D eigenvalue weighted by molar-refractivity contribution is -0.140. The van der Waals surface area contributed by atoms with E-state index in [-0.39, 0.29) is 12.5 Å². The van der Waals surface area contributed by atoms with Gasteiger partial charge in [0.25, 0.3) is 5.91 Å². The molecule has 1 amide bonds. The molecule has 130 valence electrons. The van der Waals surface area contributed by atoms with Crippen LogP contribution >= 0.6 is 0 Å². The number of carbonyl (C=O) groups excluding carboxylic acids is 1. The zero-order valence-corrected chi connectivity index (χ0v) is 14.3. The Morgan fingerprint density at radius 3 is 2.44 bits per heavy atom. The van der Waals surface area contributed by atoms with Crippen molar-refractivity contribution in [3.8, 4) is 5.75 Å². The molecule has 2 aromatic carbocycles. The molecule has 3 rings (SSSR count). The molecule has 25 heavy (non-hydrogen) atoms. The first-order valence-electron chi connectivity index (χ1n) is 8.21. The van der Waals surface area contributed by atoms with Crippen LogP contribution in [0.25, 0.3) is 0 Å². The van der Waals surface area contributed by atoms with Crippen molar-refractivity contribution >= 4 is 11.7 Å². The molecule has 6 heteroatoms. The van der Waals surface area contributed by atoms with Gasteiger partial charge in [0, 0.05) is 12.0 Å². The Bertz CT molecular complexity index is 749. The molecule has 0 bridgehead atoms. The zero-order chi connectivity index (χ0) is 17.7. The Kier molecular flexibility index (Phi) is 4.88. The lowest BCUT2D eigenvalue weighted by Crippen LogP contribution is -2.56. The van der Waals surface area contributed by atoms with Crippen LogP contribution in [-0.4, -0.2) is 29.1 Å². The Morgan fingerprint density at radius 1 is 1.16 bits per heavy atom. The third-order valence-electron chi connectivity index (χ3n) is 4.05. The molecule has 2 aromatic rings. The molecule has 1 N–H and O–H groups in total. The standard InChI is InChI=1S/C19H21N3O3/c1-3-19(2)22(18(21-25-19)15-10-6-4-7-11-15)20-17(23)14-24-16-12-8-5-9-13-16/h4-13H,3,14H2,1-2H3,(H,20,23). The second kappa shape index (κ2) is 7.25. The molecule has 1 aliphatic rings. The maximum Gasteiger partial charge on any atom is 0.276 e. The summed E-state index contributed by atoms with van der Waals surface area (Å²) in [6.07, 6.45) is 0.645. The van der Waals surface area contributed by atoms with Crippen molar-refractivity contribution in [1.29, 1.82) is 0 Å². The fourth-order valence-corrected chi connectivity index (χ4v) is 2.43. The minimum absolute atomic E-state index is 0.0949. The van der Waals surface area contributed by atoms with Gasteiger partial charge in [-0.2, -0.15) is 0 Å². The number of hydrogen-bond donors (Lipinski definition) is 1. The number of hydrogen-bond acceptors (Lipinski definition) is 5. The monoisotopic (exact) mass is 339 g/mol. The minimum Gasteiger partial charge on any atom is -0.484 e. The predicted molar refractivity (Wildman–Crippen MR) is 94.7 cm³/mol. The highest BCUT2D eigenvalue weighted by Crippen LogP contribution is 2.28. The number of benzene rings is 2. The van der Waals surface area contributed by atoms with Crippen LogP contribution in [0.5, 0.6) is 5.75 Å². The number of nitrogens with zero attached hydrogens (tertiary/aromatic N) is 2. The van der Waals surface area contributed by atoms with E-state index in [1.165, 1.54) is 0 Å². The molecule has 0 aromatic heterocycles. The van der Waals surface area contributed by atoms with E-state index < -0.39 is 5.72 Å². The maximum absolute atomic E-state index is 12.4. The molecular weight excluding hydrogens is 318 g/mol. The van der Waals surface area contributed by atoms with Gasteiger partial charge in [-0.05, 0) is 19.1 Å². The summed E-state index contributed by atoms with van der Waals surface area (Å²) in [6.45, 7) is 3.76. The number of amides is 1. The Labute approximate surface area is 147 Å². The van der Waals surface area contributed by atoms with Gasteiger partial charge < -0.3 is 9.57 Å². The van der Waals surface area contributed by atoms with Gasteiger partial charge in [-0.3, -0.25) is 10.2 Å². The van der Waals surface area contributed by atoms with Gasteiger partial charge in [-0.1, -0.05) is 60.6 Å². The van der Waals surface area contributed by atoms with Gasteiger partial charge in [0.15, 0.2) is 12.4 Å². The van der Waals surface area contributed by atoms with Crippen LogP contribution in [0.2, 0.25) is 0 Å². The van der Waals surface area contributed by atoms with E-state index in [4.69, 9.17) is 9.57 Å². The highest BCUT2D eigenvalue weighted by molar-refractivity contribution is 6.00. The first-order valence-corrected chi connectivity index (χ1v) is 8.21. The molecule has 1 heterocycles. The summed E-state index contributed by atoms with van der Waals surface area (Å²) >= 11 is 0. The van der Waals surface area contributed by atoms with Crippen LogP contribution in [0.4, 0.5) is 0 Å². The molecule has 0 radical (unpaired) electrons. The van der Waals surface area contributed by atoms with Crippen LogP contribution in [0, 0.1) is 0 Å². The predicted octanol–water partition coefficient (Wildman–Crippen LogP) is 2.92. The highest BCUT2D eigenvalue weighted by Gasteiger charge is 2.42. The molecule has 1 unspecified atom stereocenters. The zero-order valence-electron chi connectivity index (χ0n) is 14.3. The number of nitrogens with one attached hydrogen (secondary N) is 1. The lowest BCUT2D eigenvalue weighted by Gasteiger charge is -2.33. The van der Waals surface area contributed by atoms with E-state index in [0.717, 1.165) is 5.56 Å². The maximum atomic E-state index is 12.4. The van der Waals surface area contributed by atoms with Crippen molar-refractivity contribution in [2.75, 3.05) is 6.61 Å². The van der Waals surface area contributed by atoms with E-state index in [2.05, 4.69) is 10.6 Å². The van der Waals surface area contributed by atoms with Gasteiger partial charge in [0.1, 0.15) is 5.75 Å². The number of hydrazine groups is 1. The van der Waals surface area contributed by atoms with Gasteiger partial charge in [0.2, 0.25) is 5.72 Å². The van der Waals surface area contributed by atoms with Crippen LogP contribution in [-0.2, 0) is 9.63 Å². The second-order valence-corrected chi connectivity index (χ2v) is 5.87. The van der Waals surface area contributed by atoms with Crippen molar-refractivity contribution in [2.24, 2.45) is 5.16 Å². The second-order valence-electron chi connectivity index (χ2n) is 5.87. The summed E-state index contributed by atoms with van der Waals surface area (Å²) in [5.41, 5.74) is 2.98. The number of para-hydroxylation sites is 1. The number of ether oxygens (including phenoxy) is 1. The van der Waals surface area contributed by atoms with Crippen molar-refractivity contribution in [1.82, 2.24) is 10.4 Å². The van der Waals surface area contributed by atoms with Crippen LogP contribution in [0.3, 0.4) is 0 Å². The molecule has 0 spiro atoms. The number of amidine groups is 1. The van der Waals surface area contributed by atoms with Gasteiger partial charge in [-0.25, -0.2) is 5.01 Å². The number of carbonyl (C=O) groups is 1. The van der Waals surface area contributed by atoms with Gasteiger partial charge in [0.05, 0.1) is 0 Å². The van der Waals surface area contributed by atoms with E-state index in [1.807, 2.05) is 62.4 Å². The molecule has 0 fully saturated rings. The highest BCUT2D eigenvalue weighted by atomic mass is 16.7. The van der Waals surface area contributed by atoms with Crippen molar-refractivity contribution in [3.05, 3.63) is 66.2 Å². The summed E-state index contributed by atoms with van der Waals surface area (Å²) in [4.78, 5) is 18.0. The fourth-order valence-electron chi connectivity index (χ4n) is 2.43. The van der Waals surface area contributed by atoms with Gasteiger partial charge >= 0.3 is 0 Å². The number of oxime groups is 1. The van der Waals surface area contributed by atoms with Crippen LogP contribution in [0.1, 0.15) is 25.8 Å². The Balaban J connectivity index is 1.70. The SMILES string of the molecule is CCC1(C)ON=C(c2ccccc2)N1NC(=O)COc1ccccc1. The molecule has 0 aliphatic carbocycles. The molecule has 1 atom stereocenters. The van der Waals surface area contributed by atoms with E-state index >= 15 is 0 Å². The third kappa shape index (κ3) is 3.74. The molecule has 1 aliphatic heterocycles.